The molecular formula is C23H21ClN2O4S. The van der Waals surface area contributed by atoms with Crippen molar-refractivity contribution in [1.82, 2.24) is 0 Å². The highest BCUT2D eigenvalue weighted by Gasteiger charge is 2.32. The van der Waals surface area contributed by atoms with Gasteiger partial charge in [0.2, 0.25) is 0 Å². The van der Waals surface area contributed by atoms with Crippen molar-refractivity contribution in [2.24, 2.45) is 0 Å². The lowest BCUT2D eigenvalue weighted by Gasteiger charge is -2.20. The molecule has 0 fully saturated rings. The minimum Gasteiger partial charge on any atom is -0.492 e. The molecule has 31 heavy (non-hydrogen) atoms. The highest BCUT2D eigenvalue weighted by molar-refractivity contribution is 7.93. The van der Waals surface area contributed by atoms with E-state index in [1.54, 1.807) is 30.3 Å². The van der Waals surface area contributed by atoms with Gasteiger partial charge in [0.1, 0.15) is 10.6 Å². The zero-order valence-electron chi connectivity index (χ0n) is 16.8. The lowest BCUT2D eigenvalue weighted by Crippen LogP contribution is -2.29. The number of anilines is 2. The molecule has 8 heteroatoms. The zero-order valence-corrected chi connectivity index (χ0v) is 18.4. The number of rotatable bonds is 6. The number of nitrogens with zero attached hydrogens (tertiary/aromatic N) is 1. The van der Waals surface area contributed by atoms with Gasteiger partial charge in [0.25, 0.3) is 15.9 Å². The molecule has 1 aliphatic heterocycles. The number of hydrogen-bond acceptors (Lipinski definition) is 4. The van der Waals surface area contributed by atoms with Crippen molar-refractivity contribution in [2.45, 2.75) is 18.2 Å². The van der Waals surface area contributed by atoms with E-state index in [0.29, 0.717) is 36.7 Å². The number of hydrogen-bond donors (Lipinski definition) is 1. The average molecular weight is 457 g/mol. The van der Waals surface area contributed by atoms with Crippen LogP contribution in [-0.4, -0.2) is 27.5 Å². The maximum absolute atomic E-state index is 13.4. The summed E-state index contributed by atoms with van der Waals surface area (Å²) < 4.78 is 33.6. The highest BCUT2D eigenvalue weighted by atomic mass is 35.5. The van der Waals surface area contributed by atoms with E-state index < -0.39 is 15.9 Å². The fraction of sp³-hybridized carbons (Fsp3) is 0.174. The molecule has 6 nitrogen and oxygen atoms in total. The molecule has 0 unspecified atom stereocenters. The number of benzene rings is 3. The maximum Gasteiger partial charge on any atom is 0.265 e. The van der Waals surface area contributed by atoms with Gasteiger partial charge in [-0.15, -0.1) is 0 Å². The van der Waals surface area contributed by atoms with E-state index in [9.17, 15) is 13.2 Å². The Labute approximate surface area is 186 Å². The first kappa shape index (κ1) is 21.2. The summed E-state index contributed by atoms with van der Waals surface area (Å²) in [4.78, 5) is 12.8. The molecule has 160 valence electrons. The summed E-state index contributed by atoms with van der Waals surface area (Å²) in [5, 5.41) is 2.84. The van der Waals surface area contributed by atoms with Gasteiger partial charge in [-0.25, -0.2) is 8.42 Å². The van der Waals surface area contributed by atoms with Gasteiger partial charge >= 0.3 is 0 Å². The average Bonchev–Trinajstić information content (AvgIpc) is 3.20. The minimum atomic E-state index is -3.93. The van der Waals surface area contributed by atoms with Crippen LogP contribution in [0, 0.1) is 0 Å². The quantitative estimate of drug-likeness (QED) is 0.581. The Morgan fingerprint density at radius 1 is 1.10 bits per heavy atom. The molecule has 0 aliphatic carbocycles. The molecule has 3 aromatic carbocycles. The second-order valence-electron chi connectivity index (χ2n) is 6.98. The van der Waals surface area contributed by atoms with Crippen LogP contribution < -0.4 is 14.4 Å². The summed E-state index contributed by atoms with van der Waals surface area (Å²) in [7, 11) is -3.93. The van der Waals surface area contributed by atoms with Crippen molar-refractivity contribution in [3.63, 3.8) is 0 Å². The molecule has 0 saturated heterocycles. The van der Waals surface area contributed by atoms with Crippen molar-refractivity contribution in [3.8, 4) is 5.75 Å². The first-order chi connectivity index (χ1) is 14.9. The van der Waals surface area contributed by atoms with Crippen LogP contribution in [0.5, 0.6) is 5.75 Å². The van der Waals surface area contributed by atoms with Crippen LogP contribution in [0.15, 0.2) is 71.6 Å². The number of nitrogens with one attached hydrogen (secondary N) is 1. The molecule has 1 N–H and O–H groups in total. The van der Waals surface area contributed by atoms with Gasteiger partial charge in [-0.1, -0.05) is 41.9 Å². The Morgan fingerprint density at radius 3 is 2.65 bits per heavy atom. The van der Waals surface area contributed by atoms with E-state index in [0.717, 1.165) is 5.56 Å². The van der Waals surface area contributed by atoms with Crippen molar-refractivity contribution in [1.29, 1.82) is 0 Å². The molecule has 0 aromatic heterocycles. The molecule has 0 bridgehead atoms. The molecule has 0 radical (unpaired) electrons. The van der Waals surface area contributed by atoms with Crippen LogP contribution in [-0.2, 0) is 16.4 Å². The van der Waals surface area contributed by atoms with E-state index in [1.165, 1.54) is 22.5 Å². The number of para-hydroxylation sites is 3. The molecule has 0 saturated carbocycles. The molecule has 1 heterocycles. The first-order valence-corrected chi connectivity index (χ1v) is 11.7. The van der Waals surface area contributed by atoms with E-state index in [2.05, 4.69) is 5.32 Å². The minimum absolute atomic E-state index is 0.0654. The topological polar surface area (TPSA) is 75.7 Å². The number of fused-ring (bicyclic) bond motifs is 1. The van der Waals surface area contributed by atoms with Crippen molar-refractivity contribution in [2.75, 3.05) is 22.8 Å². The lowest BCUT2D eigenvalue weighted by molar-refractivity contribution is 0.102. The van der Waals surface area contributed by atoms with Crippen LogP contribution in [0.2, 0.25) is 5.02 Å². The summed E-state index contributed by atoms with van der Waals surface area (Å²) in [6.45, 7) is 2.63. The smallest absolute Gasteiger partial charge is 0.265 e. The van der Waals surface area contributed by atoms with Crippen molar-refractivity contribution >= 4 is 38.9 Å². The number of sulfonamides is 1. The second-order valence-corrected chi connectivity index (χ2v) is 9.22. The number of carbonyl (C=O) groups excluding carboxylic acids is 1. The number of ether oxygens (including phenoxy) is 1. The molecule has 3 aromatic rings. The molecule has 1 aliphatic rings. The van der Waals surface area contributed by atoms with Crippen LogP contribution in [0.25, 0.3) is 0 Å². The van der Waals surface area contributed by atoms with Crippen LogP contribution in [0.1, 0.15) is 22.8 Å². The lowest BCUT2D eigenvalue weighted by atomic mass is 10.2. The second kappa shape index (κ2) is 8.61. The van der Waals surface area contributed by atoms with Gasteiger partial charge in [0, 0.05) is 12.1 Å². The first-order valence-electron chi connectivity index (χ1n) is 9.85. The number of halogens is 1. The van der Waals surface area contributed by atoms with E-state index >= 15 is 0 Å². The van der Waals surface area contributed by atoms with E-state index in [4.69, 9.17) is 16.3 Å². The van der Waals surface area contributed by atoms with Crippen molar-refractivity contribution < 1.29 is 17.9 Å². The summed E-state index contributed by atoms with van der Waals surface area (Å²) in [6.07, 6.45) is 0.626. The predicted molar refractivity (Wildman–Crippen MR) is 122 cm³/mol. The largest absolute Gasteiger partial charge is 0.492 e. The van der Waals surface area contributed by atoms with Crippen molar-refractivity contribution in [3.05, 3.63) is 82.9 Å². The Kier molecular flexibility index (Phi) is 5.89. The Morgan fingerprint density at radius 2 is 1.84 bits per heavy atom. The summed E-state index contributed by atoms with van der Waals surface area (Å²) in [6, 6.07) is 18.7. The number of amides is 1. The van der Waals surface area contributed by atoms with E-state index in [1.807, 2.05) is 25.1 Å². The van der Waals surface area contributed by atoms with Crippen LogP contribution in [0.3, 0.4) is 0 Å². The highest BCUT2D eigenvalue weighted by Crippen LogP contribution is 2.35. The summed E-state index contributed by atoms with van der Waals surface area (Å²) >= 11 is 6.26. The Hall–Kier alpha value is -3.03. The van der Waals surface area contributed by atoms with E-state index in [-0.39, 0.29) is 15.5 Å². The molecule has 0 atom stereocenters. The molecule has 4 rings (SSSR count). The van der Waals surface area contributed by atoms with Gasteiger partial charge in [0.15, 0.2) is 0 Å². The summed E-state index contributed by atoms with van der Waals surface area (Å²) in [5.41, 5.74) is 2.28. The fourth-order valence-corrected chi connectivity index (χ4v) is 5.57. The molecular weight excluding hydrogens is 436 g/mol. The van der Waals surface area contributed by atoms with Crippen LogP contribution >= 0.6 is 11.6 Å². The van der Waals surface area contributed by atoms with Gasteiger partial charge in [-0.2, -0.15) is 0 Å². The third kappa shape index (κ3) is 4.11. The predicted octanol–water partition coefficient (Wildman–Crippen LogP) is 4.74. The van der Waals surface area contributed by atoms with Gasteiger partial charge < -0.3 is 10.1 Å². The van der Waals surface area contributed by atoms with Gasteiger partial charge in [0.05, 0.1) is 23.0 Å². The van der Waals surface area contributed by atoms with Crippen LogP contribution in [0.4, 0.5) is 11.4 Å². The molecule has 0 spiro atoms. The Balaban J connectivity index is 1.66. The molecule has 1 amide bonds. The van der Waals surface area contributed by atoms with Gasteiger partial charge in [-0.3, -0.25) is 9.10 Å². The summed E-state index contributed by atoms with van der Waals surface area (Å²) in [5.74, 6) is 0.0796. The third-order valence-corrected chi connectivity index (χ3v) is 7.34. The third-order valence-electron chi connectivity index (χ3n) is 5.04. The standard InChI is InChI=1S/C23H21ClN2O4S/c1-2-30-21-10-6-4-8-19(21)25-23(27)17-11-12-18(24)22(15-17)31(28,29)26-14-13-16-7-3-5-9-20(16)26/h3-12,15H,2,13-14H2,1H3,(H,25,27). The monoisotopic (exact) mass is 456 g/mol. The SMILES string of the molecule is CCOc1ccccc1NC(=O)c1ccc(Cl)c(S(=O)(=O)N2CCc3ccccc32)c1. The normalized spacial score (nSPS) is 13.0. The zero-order chi connectivity index (χ0) is 22.0. The number of carbonyl (C=O) groups is 1. The Bertz CT molecular complexity index is 1240. The maximum atomic E-state index is 13.4. The fourth-order valence-electron chi connectivity index (χ4n) is 3.56. The van der Waals surface area contributed by atoms with Gasteiger partial charge in [-0.05, 0) is 55.3 Å².